The van der Waals surface area contributed by atoms with E-state index in [0.29, 0.717) is 43.0 Å². The summed E-state index contributed by atoms with van der Waals surface area (Å²) < 4.78 is 10.5. The molecule has 0 radical (unpaired) electrons. The molecule has 0 bridgehead atoms. The quantitative estimate of drug-likeness (QED) is 0.728. The predicted octanol–water partition coefficient (Wildman–Crippen LogP) is 4.07. The van der Waals surface area contributed by atoms with Crippen molar-refractivity contribution >= 4 is 11.8 Å². The molecule has 31 heavy (non-hydrogen) atoms. The van der Waals surface area contributed by atoms with Crippen LogP contribution in [0.1, 0.15) is 48.7 Å². The predicted molar refractivity (Wildman–Crippen MR) is 120 cm³/mol. The molecule has 3 rings (SSSR count). The fourth-order valence-corrected chi connectivity index (χ4v) is 4.02. The maximum absolute atomic E-state index is 13.0. The van der Waals surface area contributed by atoms with Crippen molar-refractivity contribution in [1.29, 1.82) is 0 Å². The minimum atomic E-state index is -0.0890. The van der Waals surface area contributed by atoms with Crippen LogP contribution in [0, 0.1) is 11.8 Å². The topological polar surface area (TPSA) is 67.9 Å². The van der Waals surface area contributed by atoms with Crippen LogP contribution in [0.5, 0.6) is 11.5 Å². The number of rotatable bonds is 7. The summed E-state index contributed by atoms with van der Waals surface area (Å²) in [7, 11) is 3.13. The Morgan fingerprint density at radius 3 is 2.06 bits per heavy atom. The molecule has 1 heterocycles. The highest BCUT2D eigenvalue weighted by atomic mass is 16.5. The van der Waals surface area contributed by atoms with E-state index in [1.165, 1.54) is 0 Å². The highest BCUT2D eigenvalue weighted by Crippen LogP contribution is 2.27. The van der Waals surface area contributed by atoms with E-state index in [0.717, 1.165) is 5.56 Å². The number of benzene rings is 2. The number of nitrogens with zero attached hydrogens (tertiary/aromatic N) is 1. The van der Waals surface area contributed by atoms with Gasteiger partial charge >= 0.3 is 0 Å². The van der Waals surface area contributed by atoms with Crippen LogP contribution in [0.15, 0.2) is 48.5 Å². The third-order valence-corrected chi connectivity index (χ3v) is 5.87. The van der Waals surface area contributed by atoms with Crippen LogP contribution in [0.3, 0.4) is 0 Å². The van der Waals surface area contributed by atoms with E-state index < -0.39 is 0 Å². The van der Waals surface area contributed by atoms with Gasteiger partial charge in [-0.2, -0.15) is 0 Å². The summed E-state index contributed by atoms with van der Waals surface area (Å²) in [6.07, 6.45) is 1.30. The molecule has 1 atom stereocenters. The molecule has 0 saturated carbocycles. The van der Waals surface area contributed by atoms with Crippen LogP contribution in [0.2, 0.25) is 0 Å². The molecule has 0 aliphatic carbocycles. The van der Waals surface area contributed by atoms with Gasteiger partial charge in [0.05, 0.1) is 20.3 Å². The van der Waals surface area contributed by atoms with Crippen LogP contribution < -0.4 is 14.8 Å². The van der Waals surface area contributed by atoms with Gasteiger partial charge in [-0.3, -0.25) is 9.59 Å². The second-order valence-corrected chi connectivity index (χ2v) is 8.31. The normalized spacial score (nSPS) is 15.5. The number of ether oxygens (including phenoxy) is 2. The number of piperidine rings is 1. The molecule has 0 unspecified atom stereocenters. The summed E-state index contributed by atoms with van der Waals surface area (Å²) >= 11 is 0. The van der Waals surface area contributed by atoms with Crippen molar-refractivity contribution in [2.24, 2.45) is 11.8 Å². The van der Waals surface area contributed by atoms with Crippen molar-refractivity contribution in [2.75, 3.05) is 27.3 Å². The Labute approximate surface area is 184 Å². The van der Waals surface area contributed by atoms with Crippen molar-refractivity contribution in [2.45, 2.75) is 32.7 Å². The molecule has 1 aliphatic rings. The minimum Gasteiger partial charge on any atom is -0.497 e. The van der Waals surface area contributed by atoms with Crippen molar-refractivity contribution < 1.29 is 19.1 Å². The van der Waals surface area contributed by atoms with Gasteiger partial charge in [-0.05, 0) is 36.5 Å². The van der Waals surface area contributed by atoms with Gasteiger partial charge in [0.25, 0.3) is 5.91 Å². The maximum atomic E-state index is 13.0. The smallest absolute Gasteiger partial charge is 0.254 e. The van der Waals surface area contributed by atoms with Gasteiger partial charge in [0.15, 0.2) is 0 Å². The zero-order valence-electron chi connectivity index (χ0n) is 18.8. The Bertz CT molecular complexity index is 867. The fourth-order valence-electron chi connectivity index (χ4n) is 4.02. The summed E-state index contributed by atoms with van der Waals surface area (Å²) in [6.45, 7) is 5.32. The van der Waals surface area contributed by atoms with E-state index in [9.17, 15) is 9.59 Å². The van der Waals surface area contributed by atoms with Crippen LogP contribution in [-0.2, 0) is 4.79 Å². The van der Waals surface area contributed by atoms with Crippen molar-refractivity contribution in [1.82, 2.24) is 10.2 Å². The van der Waals surface area contributed by atoms with Crippen LogP contribution in [-0.4, -0.2) is 44.0 Å². The largest absolute Gasteiger partial charge is 0.497 e. The molecule has 1 fully saturated rings. The van der Waals surface area contributed by atoms with E-state index in [2.05, 4.69) is 31.3 Å². The van der Waals surface area contributed by atoms with E-state index in [1.54, 1.807) is 37.3 Å². The van der Waals surface area contributed by atoms with Gasteiger partial charge in [0, 0.05) is 30.6 Å². The Morgan fingerprint density at radius 1 is 0.968 bits per heavy atom. The van der Waals surface area contributed by atoms with Crippen LogP contribution in [0.4, 0.5) is 0 Å². The van der Waals surface area contributed by atoms with Gasteiger partial charge in [0.2, 0.25) is 5.91 Å². The minimum absolute atomic E-state index is 0.0161. The molecule has 0 spiro atoms. The average Bonchev–Trinajstić information content (AvgIpc) is 2.81. The maximum Gasteiger partial charge on any atom is 0.254 e. The first-order valence-electron chi connectivity index (χ1n) is 10.8. The molecular weight excluding hydrogens is 392 g/mol. The lowest BCUT2D eigenvalue weighted by Gasteiger charge is -2.33. The molecule has 1 N–H and O–H groups in total. The highest BCUT2D eigenvalue weighted by molar-refractivity contribution is 5.95. The Morgan fingerprint density at radius 2 is 1.55 bits per heavy atom. The van der Waals surface area contributed by atoms with Gasteiger partial charge in [-0.15, -0.1) is 0 Å². The molecule has 2 aromatic carbocycles. The molecule has 1 saturated heterocycles. The Balaban J connectivity index is 1.61. The van der Waals surface area contributed by atoms with Crippen LogP contribution >= 0.6 is 0 Å². The van der Waals surface area contributed by atoms with E-state index in [4.69, 9.17) is 9.47 Å². The Kier molecular flexibility index (Phi) is 7.55. The molecule has 166 valence electrons. The van der Waals surface area contributed by atoms with Gasteiger partial charge < -0.3 is 19.7 Å². The third kappa shape index (κ3) is 5.57. The van der Waals surface area contributed by atoms with E-state index in [1.807, 2.05) is 18.2 Å². The first kappa shape index (κ1) is 22.7. The lowest BCUT2D eigenvalue weighted by atomic mass is 9.92. The summed E-state index contributed by atoms with van der Waals surface area (Å²) in [5, 5.41) is 3.23. The molecule has 6 nitrogen and oxygen atoms in total. The SMILES string of the molecule is COc1cc(OC)cc(C(=O)N2CCC(C(=O)N[C@H](c3ccccc3)C(C)C)CC2)c1. The second kappa shape index (κ2) is 10.3. The molecule has 6 heteroatoms. The number of hydrogen-bond donors (Lipinski definition) is 1. The molecule has 2 aromatic rings. The summed E-state index contributed by atoms with van der Waals surface area (Å²) in [6, 6.07) is 15.2. The monoisotopic (exact) mass is 424 g/mol. The molecule has 1 aliphatic heterocycles. The lowest BCUT2D eigenvalue weighted by Crippen LogP contribution is -2.44. The number of nitrogens with one attached hydrogen (secondary N) is 1. The zero-order chi connectivity index (χ0) is 22.4. The standard InChI is InChI=1S/C25H32N2O4/c1-17(2)23(18-8-6-5-7-9-18)26-24(28)19-10-12-27(13-11-19)25(29)20-14-21(30-3)16-22(15-20)31-4/h5-9,14-17,19,23H,10-13H2,1-4H3,(H,26,28)/t23-/m0/s1. The van der Waals surface area contributed by atoms with Gasteiger partial charge in [-0.1, -0.05) is 44.2 Å². The van der Waals surface area contributed by atoms with Crippen molar-refractivity contribution in [3.63, 3.8) is 0 Å². The van der Waals surface area contributed by atoms with E-state index in [-0.39, 0.29) is 29.7 Å². The number of hydrogen-bond acceptors (Lipinski definition) is 4. The van der Waals surface area contributed by atoms with E-state index >= 15 is 0 Å². The van der Waals surface area contributed by atoms with Gasteiger partial charge in [0.1, 0.15) is 11.5 Å². The van der Waals surface area contributed by atoms with Crippen molar-refractivity contribution in [3.05, 3.63) is 59.7 Å². The molecule has 0 aromatic heterocycles. The third-order valence-electron chi connectivity index (χ3n) is 5.87. The average molecular weight is 425 g/mol. The lowest BCUT2D eigenvalue weighted by molar-refractivity contribution is -0.127. The first-order chi connectivity index (χ1) is 14.9. The summed E-state index contributed by atoms with van der Waals surface area (Å²) in [5.41, 5.74) is 1.65. The van der Waals surface area contributed by atoms with Crippen LogP contribution in [0.25, 0.3) is 0 Å². The fraction of sp³-hybridized carbons (Fsp3) is 0.440. The highest BCUT2D eigenvalue weighted by Gasteiger charge is 2.30. The molecule has 2 amide bonds. The zero-order valence-corrected chi connectivity index (χ0v) is 18.8. The van der Waals surface area contributed by atoms with Crippen molar-refractivity contribution in [3.8, 4) is 11.5 Å². The number of amides is 2. The Hall–Kier alpha value is -3.02. The first-order valence-corrected chi connectivity index (χ1v) is 10.8. The van der Waals surface area contributed by atoms with Gasteiger partial charge in [-0.25, -0.2) is 0 Å². The number of carbonyl (C=O) groups is 2. The molecular formula is C25H32N2O4. The summed E-state index contributed by atoms with van der Waals surface area (Å²) in [4.78, 5) is 27.7. The number of likely N-dealkylation sites (tertiary alicyclic amines) is 1. The summed E-state index contributed by atoms with van der Waals surface area (Å²) in [5.74, 6) is 1.36. The number of methoxy groups -OCH3 is 2. The number of carbonyl (C=O) groups excluding carboxylic acids is 2. The second-order valence-electron chi connectivity index (χ2n) is 8.31.